The van der Waals surface area contributed by atoms with Crippen molar-refractivity contribution in [2.75, 3.05) is 16.4 Å². The Morgan fingerprint density at radius 3 is 2.55 bits per heavy atom. The maximum atomic E-state index is 13.2. The van der Waals surface area contributed by atoms with Gasteiger partial charge in [-0.2, -0.15) is 0 Å². The maximum absolute atomic E-state index is 13.2. The van der Waals surface area contributed by atoms with Crippen LogP contribution >= 0.6 is 0 Å². The molecule has 1 atom stereocenters. The summed E-state index contributed by atoms with van der Waals surface area (Å²) < 4.78 is 5.09. The van der Waals surface area contributed by atoms with E-state index in [1.165, 1.54) is 4.90 Å². The van der Waals surface area contributed by atoms with Gasteiger partial charge in [-0.1, -0.05) is 26.8 Å². The molecule has 2 aliphatic heterocycles. The molecule has 0 aliphatic carbocycles. The lowest BCUT2D eigenvalue weighted by Gasteiger charge is -2.20. The van der Waals surface area contributed by atoms with E-state index in [4.69, 9.17) is 15.5 Å². The van der Waals surface area contributed by atoms with E-state index in [-0.39, 0.29) is 23.9 Å². The molecule has 0 unspecified atom stereocenters. The van der Waals surface area contributed by atoms with Gasteiger partial charge in [0.05, 0.1) is 18.3 Å². The van der Waals surface area contributed by atoms with Gasteiger partial charge in [-0.15, -0.1) is 0 Å². The van der Waals surface area contributed by atoms with Crippen LogP contribution < -0.4 is 15.5 Å². The number of carbonyl (C=O) groups is 2. The molecule has 1 fully saturated rings. The lowest BCUT2D eigenvalue weighted by molar-refractivity contribution is 0.0995. The Bertz CT molecular complexity index is 998. The van der Waals surface area contributed by atoms with Crippen LogP contribution in [-0.2, 0) is 23.2 Å². The first-order valence-electron chi connectivity index (χ1n) is 9.69. The molecular weight excluding hydrogens is 370 g/mol. The van der Waals surface area contributed by atoms with Gasteiger partial charge in [-0.25, -0.2) is 9.78 Å². The van der Waals surface area contributed by atoms with Gasteiger partial charge in [-0.05, 0) is 25.1 Å². The van der Waals surface area contributed by atoms with Crippen LogP contribution in [0, 0.1) is 0 Å². The number of amides is 2. The predicted octanol–water partition coefficient (Wildman–Crippen LogP) is 2.74. The minimum Gasteiger partial charge on any atom is -0.447 e. The molecule has 2 aliphatic rings. The highest BCUT2D eigenvalue weighted by Gasteiger charge is 2.35. The fourth-order valence-corrected chi connectivity index (χ4v) is 3.64. The number of hydrogen-bond acceptors (Lipinski definition) is 6. The monoisotopic (exact) mass is 395 g/mol. The summed E-state index contributed by atoms with van der Waals surface area (Å²) in [5, 5.41) is 0. The Morgan fingerprint density at radius 2 is 1.93 bits per heavy atom. The number of carbonyl (C=O) groups excluding carboxylic acids is 2. The lowest BCUT2D eigenvalue weighted by atomic mass is 9.89. The zero-order chi connectivity index (χ0) is 20.9. The Morgan fingerprint density at radius 1 is 1.21 bits per heavy atom. The SMILES string of the molecule is C[C@H]1COC(=O)N1c1cccc(N2Cc3c(cc(C(C)(C)C)nc3CN)C2=O)n1. The second kappa shape index (κ2) is 6.81. The van der Waals surface area contributed by atoms with Crippen LogP contribution in [0.4, 0.5) is 16.4 Å². The molecule has 4 heterocycles. The van der Waals surface area contributed by atoms with E-state index < -0.39 is 6.09 Å². The molecule has 0 spiro atoms. The maximum Gasteiger partial charge on any atom is 0.415 e. The number of aromatic nitrogens is 2. The van der Waals surface area contributed by atoms with E-state index in [9.17, 15) is 9.59 Å². The Kier molecular flexibility index (Phi) is 4.53. The second-order valence-corrected chi connectivity index (χ2v) is 8.48. The van der Waals surface area contributed by atoms with E-state index >= 15 is 0 Å². The molecule has 0 bridgehead atoms. The van der Waals surface area contributed by atoms with Crippen molar-refractivity contribution in [2.24, 2.45) is 5.73 Å². The zero-order valence-electron chi connectivity index (χ0n) is 17.1. The summed E-state index contributed by atoms with van der Waals surface area (Å²) in [5.41, 5.74) is 8.76. The topological polar surface area (TPSA) is 102 Å². The molecule has 1 saturated heterocycles. The summed E-state index contributed by atoms with van der Waals surface area (Å²) in [6.45, 7) is 9.00. The summed E-state index contributed by atoms with van der Waals surface area (Å²) in [6, 6.07) is 7.04. The molecule has 2 amide bonds. The van der Waals surface area contributed by atoms with Crippen LogP contribution in [0.3, 0.4) is 0 Å². The average Bonchev–Trinajstić information content (AvgIpc) is 3.19. The number of nitrogens with zero attached hydrogens (tertiary/aromatic N) is 4. The fourth-order valence-electron chi connectivity index (χ4n) is 3.64. The van der Waals surface area contributed by atoms with Gasteiger partial charge >= 0.3 is 6.09 Å². The van der Waals surface area contributed by atoms with Crippen LogP contribution in [0.1, 0.15) is 55.0 Å². The summed E-state index contributed by atoms with van der Waals surface area (Å²) in [5.74, 6) is 0.814. The Hall–Kier alpha value is -3.00. The van der Waals surface area contributed by atoms with Gasteiger partial charge in [0.2, 0.25) is 0 Å². The smallest absolute Gasteiger partial charge is 0.415 e. The first-order valence-corrected chi connectivity index (χ1v) is 9.69. The standard InChI is InChI=1S/C21H25N5O3/c1-12-11-29-20(28)26(12)18-7-5-6-17(24-18)25-10-14-13(19(25)27)8-16(21(2,3)4)23-15(14)9-22/h5-8,12H,9-11,22H2,1-4H3/t12-/m0/s1. The first-order chi connectivity index (χ1) is 13.7. The molecule has 29 heavy (non-hydrogen) atoms. The summed E-state index contributed by atoms with van der Waals surface area (Å²) in [7, 11) is 0. The van der Waals surface area contributed by atoms with Gasteiger partial charge in [0.25, 0.3) is 5.91 Å². The normalized spacial score (nSPS) is 19.0. The van der Waals surface area contributed by atoms with E-state index in [1.54, 1.807) is 23.1 Å². The summed E-state index contributed by atoms with van der Waals surface area (Å²) in [4.78, 5) is 37.6. The van der Waals surface area contributed by atoms with Crippen LogP contribution in [0.15, 0.2) is 24.3 Å². The fraction of sp³-hybridized carbons (Fsp3) is 0.429. The summed E-state index contributed by atoms with van der Waals surface area (Å²) in [6.07, 6.45) is -0.428. The van der Waals surface area contributed by atoms with Crippen molar-refractivity contribution in [3.63, 3.8) is 0 Å². The number of cyclic esters (lactones) is 1. The molecule has 2 aromatic heterocycles. The highest BCUT2D eigenvalue weighted by atomic mass is 16.6. The molecule has 8 nitrogen and oxygen atoms in total. The molecule has 152 valence electrons. The third-order valence-electron chi connectivity index (χ3n) is 5.29. The van der Waals surface area contributed by atoms with Crippen molar-refractivity contribution in [3.05, 3.63) is 46.8 Å². The lowest BCUT2D eigenvalue weighted by Crippen LogP contribution is -2.32. The summed E-state index contributed by atoms with van der Waals surface area (Å²) >= 11 is 0. The molecule has 8 heteroatoms. The van der Waals surface area contributed by atoms with Crippen LogP contribution in [-0.4, -0.2) is 34.6 Å². The van der Waals surface area contributed by atoms with E-state index in [0.717, 1.165) is 17.0 Å². The van der Waals surface area contributed by atoms with Crippen molar-refractivity contribution in [1.82, 2.24) is 9.97 Å². The van der Waals surface area contributed by atoms with E-state index in [1.807, 2.05) is 13.0 Å². The van der Waals surface area contributed by atoms with Crippen molar-refractivity contribution < 1.29 is 14.3 Å². The molecule has 4 rings (SSSR count). The molecule has 2 N–H and O–H groups in total. The third-order valence-corrected chi connectivity index (χ3v) is 5.29. The van der Waals surface area contributed by atoms with Crippen LogP contribution in [0.2, 0.25) is 0 Å². The number of rotatable bonds is 3. The Balaban J connectivity index is 1.72. The minimum absolute atomic E-state index is 0.112. The molecule has 0 aromatic carbocycles. The number of nitrogens with two attached hydrogens (primary N) is 1. The first kappa shape index (κ1) is 19.3. The van der Waals surface area contributed by atoms with Crippen molar-refractivity contribution in [2.45, 2.75) is 52.2 Å². The number of fused-ring (bicyclic) bond motifs is 1. The number of anilines is 2. The van der Waals surface area contributed by atoms with Gasteiger partial charge in [0.1, 0.15) is 18.2 Å². The van der Waals surface area contributed by atoms with E-state index in [2.05, 4.69) is 25.8 Å². The van der Waals surface area contributed by atoms with Crippen molar-refractivity contribution >= 4 is 23.6 Å². The van der Waals surface area contributed by atoms with Gasteiger partial charge in [0.15, 0.2) is 0 Å². The van der Waals surface area contributed by atoms with Gasteiger partial charge < -0.3 is 10.5 Å². The highest BCUT2D eigenvalue weighted by molar-refractivity contribution is 6.10. The van der Waals surface area contributed by atoms with Crippen molar-refractivity contribution in [1.29, 1.82) is 0 Å². The van der Waals surface area contributed by atoms with Gasteiger partial charge in [-0.3, -0.25) is 19.6 Å². The molecule has 0 radical (unpaired) electrons. The third kappa shape index (κ3) is 3.23. The van der Waals surface area contributed by atoms with Crippen molar-refractivity contribution in [3.8, 4) is 0 Å². The molecule has 2 aromatic rings. The number of hydrogen-bond donors (Lipinski definition) is 1. The average molecular weight is 395 g/mol. The predicted molar refractivity (Wildman–Crippen MR) is 109 cm³/mol. The Labute approximate surface area is 169 Å². The zero-order valence-corrected chi connectivity index (χ0v) is 17.1. The van der Waals surface area contributed by atoms with Crippen LogP contribution in [0.25, 0.3) is 0 Å². The second-order valence-electron chi connectivity index (χ2n) is 8.48. The highest BCUT2D eigenvalue weighted by Crippen LogP contribution is 2.33. The van der Waals surface area contributed by atoms with Crippen LogP contribution in [0.5, 0.6) is 0 Å². The minimum atomic E-state index is -0.428. The molecule has 0 saturated carbocycles. The number of ether oxygens (including phenoxy) is 1. The van der Waals surface area contributed by atoms with E-state index in [0.29, 0.717) is 30.4 Å². The number of pyridine rings is 2. The quantitative estimate of drug-likeness (QED) is 0.857. The van der Waals surface area contributed by atoms with Gasteiger partial charge in [0, 0.05) is 28.8 Å². The largest absolute Gasteiger partial charge is 0.447 e. The molecular formula is C21H25N5O3.